The van der Waals surface area contributed by atoms with E-state index in [1.807, 2.05) is 31.2 Å². The quantitative estimate of drug-likeness (QED) is 0.716. The normalized spacial score (nSPS) is 10.5. The Kier molecular flexibility index (Phi) is 5.05. The summed E-state index contributed by atoms with van der Waals surface area (Å²) in [5, 5.41) is 14.6. The number of carbonyl (C=O) groups excluding carboxylic acids is 1. The summed E-state index contributed by atoms with van der Waals surface area (Å²) in [5.41, 5.74) is 3.54. The molecule has 1 amide bonds. The van der Waals surface area contributed by atoms with Gasteiger partial charge >= 0.3 is 0 Å². The maximum atomic E-state index is 12.2. The molecule has 25 heavy (non-hydrogen) atoms. The second kappa shape index (κ2) is 7.40. The Morgan fingerprint density at radius 3 is 2.56 bits per heavy atom. The number of amides is 1. The van der Waals surface area contributed by atoms with E-state index in [0.717, 1.165) is 27.3 Å². The van der Waals surface area contributed by atoms with Gasteiger partial charge in [-0.15, -0.1) is 11.3 Å². The number of phenolic OH excluding ortho intramolecular Hbond substituents is 1. The van der Waals surface area contributed by atoms with Gasteiger partial charge in [-0.1, -0.05) is 12.1 Å². The molecule has 0 spiro atoms. The fraction of sp³-hybridized carbons (Fsp3) is 0.150. The second-order valence-corrected chi connectivity index (χ2v) is 6.77. The van der Waals surface area contributed by atoms with Crippen LogP contribution in [-0.4, -0.2) is 18.1 Å². The van der Waals surface area contributed by atoms with E-state index in [4.69, 9.17) is 4.74 Å². The summed E-state index contributed by atoms with van der Waals surface area (Å²) in [6, 6.07) is 14.8. The van der Waals surface area contributed by atoms with E-state index in [1.54, 1.807) is 30.6 Å². The lowest BCUT2D eigenvalue weighted by Crippen LogP contribution is -2.22. The van der Waals surface area contributed by atoms with E-state index in [0.29, 0.717) is 12.1 Å². The van der Waals surface area contributed by atoms with Crippen molar-refractivity contribution in [3.05, 3.63) is 69.9 Å². The minimum atomic E-state index is -0.196. The topological polar surface area (TPSA) is 58.6 Å². The number of aryl methyl sites for hydroxylation is 1. The average Bonchev–Trinajstić information content (AvgIpc) is 3.08. The van der Waals surface area contributed by atoms with Crippen LogP contribution >= 0.6 is 11.3 Å². The molecule has 5 heteroatoms. The van der Waals surface area contributed by atoms with Crippen LogP contribution in [0.3, 0.4) is 0 Å². The lowest BCUT2D eigenvalue weighted by atomic mass is 10.1. The number of nitrogens with one attached hydrogen (secondary N) is 1. The van der Waals surface area contributed by atoms with Crippen molar-refractivity contribution in [2.75, 3.05) is 7.11 Å². The molecule has 0 saturated heterocycles. The van der Waals surface area contributed by atoms with E-state index < -0.39 is 0 Å². The van der Waals surface area contributed by atoms with Gasteiger partial charge in [-0.25, -0.2) is 0 Å². The standard InChI is InChI=1S/C20H19NO3S/c1-13-7-15(9-17(22)8-13)20(23)21-11-19-10-16(12-25-19)14-3-5-18(24-2)6-4-14/h3-10,12,22H,11H2,1-2H3,(H,21,23). The molecule has 0 radical (unpaired) electrons. The van der Waals surface area contributed by atoms with Crippen molar-refractivity contribution in [2.45, 2.75) is 13.5 Å². The largest absolute Gasteiger partial charge is 0.508 e. The predicted octanol–water partition coefficient (Wildman–Crippen LogP) is 4.37. The highest BCUT2D eigenvalue weighted by Gasteiger charge is 2.09. The number of benzene rings is 2. The number of ether oxygens (including phenoxy) is 1. The van der Waals surface area contributed by atoms with Crippen LogP contribution in [0.25, 0.3) is 11.1 Å². The van der Waals surface area contributed by atoms with Crippen LogP contribution in [0.5, 0.6) is 11.5 Å². The number of phenols is 1. The SMILES string of the molecule is COc1ccc(-c2csc(CNC(=O)c3cc(C)cc(O)c3)c2)cc1. The van der Waals surface area contributed by atoms with Crippen molar-refractivity contribution < 1.29 is 14.6 Å². The molecule has 0 atom stereocenters. The Labute approximate surface area is 150 Å². The smallest absolute Gasteiger partial charge is 0.251 e. The maximum absolute atomic E-state index is 12.2. The molecule has 0 bridgehead atoms. The molecular formula is C20H19NO3S. The van der Waals surface area contributed by atoms with Gasteiger partial charge in [0.15, 0.2) is 0 Å². The summed E-state index contributed by atoms with van der Waals surface area (Å²) >= 11 is 1.60. The fourth-order valence-corrected chi connectivity index (χ4v) is 3.40. The number of methoxy groups -OCH3 is 1. The first-order valence-corrected chi connectivity index (χ1v) is 8.74. The van der Waals surface area contributed by atoms with E-state index in [1.165, 1.54) is 6.07 Å². The number of aromatic hydroxyl groups is 1. The highest BCUT2D eigenvalue weighted by molar-refractivity contribution is 7.10. The third-order valence-corrected chi connectivity index (χ3v) is 4.76. The van der Waals surface area contributed by atoms with Crippen LogP contribution in [0.2, 0.25) is 0 Å². The van der Waals surface area contributed by atoms with Gasteiger partial charge in [-0.05, 0) is 65.4 Å². The molecule has 0 aliphatic rings. The minimum Gasteiger partial charge on any atom is -0.508 e. The van der Waals surface area contributed by atoms with Gasteiger partial charge in [0.2, 0.25) is 0 Å². The first kappa shape index (κ1) is 17.0. The summed E-state index contributed by atoms with van der Waals surface area (Å²) in [6.07, 6.45) is 0. The van der Waals surface area contributed by atoms with Gasteiger partial charge in [0.1, 0.15) is 11.5 Å². The van der Waals surface area contributed by atoms with Gasteiger partial charge in [-0.2, -0.15) is 0 Å². The van der Waals surface area contributed by atoms with Gasteiger partial charge in [0.05, 0.1) is 13.7 Å². The highest BCUT2D eigenvalue weighted by atomic mass is 32.1. The lowest BCUT2D eigenvalue weighted by molar-refractivity contribution is 0.0951. The molecular weight excluding hydrogens is 334 g/mol. The number of thiophene rings is 1. The highest BCUT2D eigenvalue weighted by Crippen LogP contribution is 2.27. The monoisotopic (exact) mass is 353 g/mol. The van der Waals surface area contributed by atoms with Crippen molar-refractivity contribution in [3.63, 3.8) is 0 Å². The van der Waals surface area contributed by atoms with Crippen molar-refractivity contribution in [1.82, 2.24) is 5.32 Å². The van der Waals surface area contributed by atoms with Crippen molar-refractivity contribution >= 4 is 17.2 Å². The number of hydrogen-bond acceptors (Lipinski definition) is 4. The molecule has 3 aromatic rings. The molecule has 0 saturated carbocycles. The van der Waals surface area contributed by atoms with Crippen LogP contribution in [0.1, 0.15) is 20.8 Å². The molecule has 0 unspecified atom stereocenters. The second-order valence-electron chi connectivity index (χ2n) is 5.77. The van der Waals surface area contributed by atoms with E-state index in [2.05, 4.69) is 16.8 Å². The van der Waals surface area contributed by atoms with Gasteiger partial charge in [0.25, 0.3) is 5.91 Å². The summed E-state index contributed by atoms with van der Waals surface area (Å²) in [5.74, 6) is 0.731. The van der Waals surface area contributed by atoms with Gasteiger partial charge in [-0.3, -0.25) is 4.79 Å². The number of hydrogen-bond donors (Lipinski definition) is 2. The molecule has 2 N–H and O–H groups in total. The Morgan fingerprint density at radius 1 is 1.12 bits per heavy atom. The van der Waals surface area contributed by atoms with Gasteiger partial charge in [0, 0.05) is 10.4 Å². The first-order chi connectivity index (χ1) is 12.0. The average molecular weight is 353 g/mol. The third kappa shape index (κ3) is 4.19. The number of carbonyl (C=O) groups is 1. The molecule has 0 aliphatic heterocycles. The molecule has 128 valence electrons. The minimum absolute atomic E-state index is 0.100. The summed E-state index contributed by atoms with van der Waals surface area (Å²) < 4.78 is 5.17. The maximum Gasteiger partial charge on any atom is 0.251 e. The first-order valence-electron chi connectivity index (χ1n) is 7.86. The summed E-state index contributed by atoms with van der Waals surface area (Å²) in [7, 11) is 1.65. The van der Waals surface area contributed by atoms with E-state index in [9.17, 15) is 9.90 Å². The lowest BCUT2D eigenvalue weighted by Gasteiger charge is -2.05. The molecule has 0 fully saturated rings. The Balaban J connectivity index is 1.65. The Hall–Kier alpha value is -2.79. The zero-order chi connectivity index (χ0) is 17.8. The molecule has 1 aromatic heterocycles. The Morgan fingerprint density at radius 2 is 1.88 bits per heavy atom. The zero-order valence-electron chi connectivity index (χ0n) is 14.1. The number of rotatable bonds is 5. The molecule has 3 rings (SSSR count). The van der Waals surface area contributed by atoms with Crippen LogP contribution in [0.15, 0.2) is 53.9 Å². The third-order valence-electron chi connectivity index (χ3n) is 3.82. The van der Waals surface area contributed by atoms with Crippen molar-refractivity contribution in [3.8, 4) is 22.6 Å². The summed E-state index contributed by atoms with van der Waals surface area (Å²) in [4.78, 5) is 13.3. The molecule has 0 aliphatic carbocycles. The van der Waals surface area contributed by atoms with Crippen LogP contribution in [-0.2, 0) is 6.54 Å². The molecule has 4 nitrogen and oxygen atoms in total. The van der Waals surface area contributed by atoms with E-state index >= 15 is 0 Å². The van der Waals surface area contributed by atoms with E-state index in [-0.39, 0.29) is 11.7 Å². The van der Waals surface area contributed by atoms with Crippen molar-refractivity contribution in [1.29, 1.82) is 0 Å². The predicted molar refractivity (Wildman–Crippen MR) is 100 cm³/mol. The van der Waals surface area contributed by atoms with Crippen LogP contribution < -0.4 is 10.1 Å². The van der Waals surface area contributed by atoms with Crippen molar-refractivity contribution in [2.24, 2.45) is 0 Å². The molecule has 1 heterocycles. The zero-order valence-corrected chi connectivity index (χ0v) is 14.9. The van der Waals surface area contributed by atoms with Gasteiger partial charge < -0.3 is 15.2 Å². The fourth-order valence-electron chi connectivity index (χ4n) is 2.57. The summed E-state index contributed by atoms with van der Waals surface area (Å²) in [6.45, 7) is 2.30. The van der Waals surface area contributed by atoms with Crippen LogP contribution in [0, 0.1) is 6.92 Å². The Bertz CT molecular complexity index is 864. The van der Waals surface area contributed by atoms with Crippen LogP contribution in [0.4, 0.5) is 0 Å². The molecule has 2 aromatic carbocycles.